The Kier molecular flexibility index (Phi) is 9.24. The first-order chi connectivity index (χ1) is 16.4. The highest BCUT2D eigenvalue weighted by molar-refractivity contribution is 8.00. The van der Waals surface area contributed by atoms with Crippen LogP contribution in [0.5, 0.6) is 11.5 Å². The Morgan fingerprint density at radius 1 is 0.971 bits per heavy atom. The monoisotopic (exact) mass is 498 g/mol. The predicted octanol–water partition coefficient (Wildman–Crippen LogP) is 5.45. The van der Waals surface area contributed by atoms with Crippen molar-refractivity contribution in [3.05, 3.63) is 82.9 Å². The van der Waals surface area contributed by atoms with Crippen molar-refractivity contribution in [1.82, 2.24) is 5.32 Å². The van der Waals surface area contributed by atoms with E-state index in [1.807, 2.05) is 37.3 Å². The van der Waals surface area contributed by atoms with E-state index in [0.29, 0.717) is 40.7 Å². The Labute approximate surface area is 209 Å². The van der Waals surface area contributed by atoms with Crippen LogP contribution in [0.25, 0.3) is 0 Å². The van der Waals surface area contributed by atoms with Crippen molar-refractivity contribution in [1.29, 1.82) is 0 Å². The second kappa shape index (κ2) is 12.3. The number of para-hydroxylation sites is 1. The Hall–Kier alpha value is -3.16. The Morgan fingerprint density at radius 2 is 1.68 bits per heavy atom. The normalized spacial score (nSPS) is 11.4. The van der Waals surface area contributed by atoms with E-state index in [1.165, 1.54) is 11.8 Å². The van der Waals surface area contributed by atoms with Gasteiger partial charge in [-0.05, 0) is 67.4 Å². The SMILES string of the molecule is COc1ccc(CCNC(=O)c2ccccc2NC(=O)[C@H](C)Sc2ccc(Cl)cc2)cc1OC. The molecule has 2 amide bonds. The number of nitrogens with one attached hydrogen (secondary N) is 2. The summed E-state index contributed by atoms with van der Waals surface area (Å²) in [4.78, 5) is 26.5. The molecule has 2 N–H and O–H groups in total. The zero-order chi connectivity index (χ0) is 24.5. The number of carbonyl (C=O) groups is 2. The molecular formula is C26H27ClN2O4S. The third-order valence-electron chi connectivity index (χ3n) is 5.07. The minimum atomic E-state index is -0.359. The molecule has 178 valence electrons. The highest BCUT2D eigenvalue weighted by Gasteiger charge is 2.18. The molecule has 0 spiro atoms. The van der Waals surface area contributed by atoms with E-state index >= 15 is 0 Å². The van der Waals surface area contributed by atoms with E-state index in [4.69, 9.17) is 21.1 Å². The highest BCUT2D eigenvalue weighted by Crippen LogP contribution is 2.28. The van der Waals surface area contributed by atoms with Gasteiger partial charge >= 0.3 is 0 Å². The summed E-state index contributed by atoms with van der Waals surface area (Å²) in [5.74, 6) is 0.855. The highest BCUT2D eigenvalue weighted by atomic mass is 35.5. The van der Waals surface area contributed by atoms with Gasteiger partial charge in [0.2, 0.25) is 5.91 Å². The molecule has 8 heteroatoms. The zero-order valence-corrected chi connectivity index (χ0v) is 20.8. The fraction of sp³-hybridized carbons (Fsp3) is 0.231. The van der Waals surface area contributed by atoms with Gasteiger partial charge in [0, 0.05) is 16.5 Å². The number of benzene rings is 3. The van der Waals surface area contributed by atoms with Crippen molar-refractivity contribution in [3.8, 4) is 11.5 Å². The van der Waals surface area contributed by atoms with Crippen LogP contribution in [0.1, 0.15) is 22.8 Å². The summed E-state index contributed by atoms with van der Waals surface area (Å²) in [6.45, 7) is 2.25. The molecule has 0 aromatic heterocycles. The van der Waals surface area contributed by atoms with E-state index < -0.39 is 0 Å². The Morgan fingerprint density at radius 3 is 2.38 bits per heavy atom. The molecule has 0 heterocycles. The van der Waals surface area contributed by atoms with Crippen molar-refractivity contribution >= 4 is 40.9 Å². The molecule has 0 radical (unpaired) electrons. The van der Waals surface area contributed by atoms with Crippen LogP contribution in [0.2, 0.25) is 5.02 Å². The van der Waals surface area contributed by atoms with Crippen LogP contribution < -0.4 is 20.1 Å². The predicted molar refractivity (Wildman–Crippen MR) is 137 cm³/mol. The van der Waals surface area contributed by atoms with E-state index in [1.54, 1.807) is 50.6 Å². The number of anilines is 1. The van der Waals surface area contributed by atoms with Crippen molar-refractivity contribution in [2.75, 3.05) is 26.1 Å². The summed E-state index contributed by atoms with van der Waals surface area (Å²) in [7, 11) is 3.18. The van der Waals surface area contributed by atoms with Gasteiger partial charge in [-0.25, -0.2) is 0 Å². The average molecular weight is 499 g/mol. The van der Waals surface area contributed by atoms with Crippen molar-refractivity contribution in [3.63, 3.8) is 0 Å². The first-order valence-electron chi connectivity index (χ1n) is 10.7. The maximum absolute atomic E-state index is 12.8. The van der Waals surface area contributed by atoms with Gasteiger partial charge in [0.25, 0.3) is 5.91 Å². The molecule has 0 saturated heterocycles. The number of hydrogen-bond acceptors (Lipinski definition) is 5. The van der Waals surface area contributed by atoms with E-state index in [9.17, 15) is 9.59 Å². The smallest absolute Gasteiger partial charge is 0.253 e. The van der Waals surface area contributed by atoms with E-state index in [2.05, 4.69) is 10.6 Å². The largest absolute Gasteiger partial charge is 0.493 e. The number of methoxy groups -OCH3 is 2. The lowest BCUT2D eigenvalue weighted by Gasteiger charge is -2.15. The number of halogens is 1. The molecule has 0 saturated carbocycles. The summed E-state index contributed by atoms with van der Waals surface area (Å²) < 4.78 is 10.6. The number of amides is 2. The summed E-state index contributed by atoms with van der Waals surface area (Å²) >= 11 is 7.35. The number of thioether (sulfide) groups is 1. The van der Waals surface area contributed by atoms with Gasteiger partial charge in [0.1, 0.15) is 0 Å². The van der Waals surface area contributed by atoms with Crippen LogP contribution >= 0.6 is 23.4 Å². The lowest BCUT2D eigenvalue weighted by molar-refractivity contribution is -0.115. The summed E-state index contributed by atoms with van der Waals surface area (Å²) in [6, 6.07) is 19.9. The molecular weight excluding hydrogens is 472 g/mol. The van der Waals surface area contributed by atoms with Crippen molar-refractivity contribution in [2.24, 2.45) is 0 Å². The van der Waals surface area contributed by atoms with Gasteiger partial charge in [0.15, 0.2) is 11.5 Å². The fourth-order valence-electron chi connectivity index (χ4n) is 3.25. The van der Waals surface area contributed by atoms with E-state index in [-0.39, 0.29) is 17.1 Å². The Balaban J connectivity index is 1.59. The molecule has 0 bridgehead atoms. The molecule has 3 aromatic rings. The lowest BCUT2D eigenvalue weighted by atomic mass is 10.1. The van der Waals surface area contributed by atoms with E-state index in [0.717, 1.165) is 10.5 Å². The molecule has 34 heavy (non-hydrogen) atoms. The molecule has 0 unspecified atom stereocenters. The van der Waals surface area contributed by atoms with Gasteiger partial charge in [0.05, 0.1) is 30.7 Å². The summed E-state index contributed by atoms with van der Waals surface area (Å²) in [6.07, 6.45) is 0.620. The molecule has 0 aliphatic rings. The second-order valence-corrected chi connectivity index (χ2v) is 9.29. The van der Waals surface area contributed by atoms with Gasteiger partial charge < -0.3 is 20.1 Å². The molecule has 0 fully saturated rings. The van der Waals surface area contributed by atoms with Crippen LogP contribution in [0.15, 0.2) is 71.6 Å². The Bertz CT molecular complexity index is 1140. The standard InChI is InChI=1S/C26H27ClN2O4S/c1-17(34-20-11-9-19(27)10-12-20)25(30)29-22-7-5-4-6-21(22)26(31)28-15-14-18-8-13-23(32-2)24(16-18)33-3/h4-13,16-17H,14-15H2,1-3H3,(H,28,31)(H,29,30)/t17-/m0/s1. The van der Waals surface area contributed by atoms with Crippen molar-refractivity contribution in [2.45, 2.75) is 23.5 Å². The number of rotatable bonds is 10. The summed E-state index contributed by atoms with van der Waals surface area (Å²) in [5.41, 5.74) is 1.89. The summed E-state index contributed by atoms with van der Waals surface area (Å²) in [5, 5.41) is 6.09. The van der Waals surface area contributed by atoms with Crippen molar-refractivity contribution < 1.29 is 19.1 Å². The molecule has 0 aliphatic heterocycles. The first-order valence-corrected chi connectivity index (χ1v) is 12.0. The second-order valence-electron chi connectivity index (χ2n) is 7.44. The quantitative estimate of drug-likeness (QED) is 0.363. The number of hydrogen-bond donors (Lipinski definition) is 2. The first kappa shape index (κ1) is 25.5. The molecule has 1 atom stereocenters. The number of ether oxygens (including phenoxy) is 2. The molecule has 6 nitrogen and oxygen atoms in total. The number of carbonyl (C=O) groups excluding carboxylic acids is 2. The van der Waals surface area contributed by atoms with Crippen LogP contribution in [0, 0.1) is 0 Å². The van der Waals surface area contributed by atoms with Crippen LogP contribution in [0.4, 0.5) is 5.69 Å². The fourth-order valence-corrected chi connectivity index (χ4v) is 4.24. The minimum Gasteiger partial charge on any atom is -0.493 e. The van der Waals surface area contributed by atoms with Gasteiger partial charge in [-0.3, -0.25) is 9.59 Å². The minimum absolute atomic E-state index is 0.189. The van der Waals surface area contributed by atoms with Gasteiger partial charge in [-0.15, -0.1) is 11.8 Å². The maximum atomic E-state index is 12.8. The van der Waals surface area contributed by atoms with Gasteiger partial charge in [-0.2, -0.15) is 0 Å². The maximum Gasteiger partial charge on any atom is 0.253 e. The third-order valence-corrected chi connectivity index (χ3v) is 6.44. The van der Waals surface area contributed by atoms with Crippen LogP contribution in [-0.2, 0) is 11.2 Å². The lowest BCUT2D eigenvalue weighted by Crippen LogP contribution is -2.28. The average Bonchev–Trinajstić information content (AvgIpc) is 2.85. The third kappa shape index (κ3) is 6.92. The topological polar surface area (TPSA) is 76.7 Å². The molecule has 3 rings (SSSR count). The van der Waals surface area contributed by atoms with Crippen LogP contribution in [0.3, 0.4) is 0 Å². The zero-order valence-electron chi connectivity index (χ0n) is 19.3. The molecule has 3 aromatic carbocycles. The molecule has 0 aliphatic carbocycles. The van der Waals surface area contributed by atoms with Crippen LogP contribution in [-0.4, -0.2) is 37.8 Å². The van der Waals surface area contributed by atoms with Gasteiger partial charge in [-0.1, -0.05) is 29.8 Å².